The summed E-state index contributed by atoms with van der Waals surface area (Å²) in [4.78, 5) is 27.0. The molecule has 0 aromatic rings. The molecule has 0 aromatic carbocycles. The van der Waals surface area contributed by atoms with Gasteiger partial charge in [-0.25, -0.2) is 9.59 Å². The normalized spacial score (nSPS) is 25.9. The minimum absolute atomic E-state index is 0.203. The molecule has 7 heteroatoms. The number of halogens is 1. The Bertz CT molecular complexity index is 555. The van der Waals surface area contributed by atoms with Crippen LogP contribution in [0.25, 0.3) is 0 Å². The van der Waals surface area contributed by atoms with Gasteiger partial charge < -0.3 is 14.2 Å². The maximum absolute atomic E-state index is 12.8. The summed E-state index contributed by atoms with van der Waals surface area (Å²) in [5.41, 5.74) is -1.21. The van der Waals surface area contributed by atoms with E-state index in [1.807, 2.05) is 0 Å². The van der Waals surface area contributed by atoms with Gasteiger partial charge in [-0.05, 0) is 39.5 Å². The quantitative estimate of drug-likeness (QED) is 0.380. The van der Waals surface area contributed by atoms with Crippen LogP contribution in [0.4, 0.5) is 4.79 Å². The summed E-state index contributed by atoms with van der Waals surface area (Å²) in [5.74, 6) is 0.303. The van der Waals surface area contributed by atoms with Crippen molar-refractivity contribution in [2.75, 3.05) is 26.1 Å². The number of esters is 1. The standard InChI is InChI=1S/C19H30ClNO5/c1-13(10-20)8-19(16(22)24-5)9-15(25-12-14-6-7-14)11-21(19)17(23)26-18(2,3)4/h14-15H,1,6-12H2,2-5H3/t15-,19-/m1/s1. The summed E-state index contributed by atoms with van der Waals surface area (Å²) in [5, 5.41) is 0. The fraction of sp³-hybridized carbons (Fsp3) is 0.789. The maximum Gasteiger partial charge on any atom is 0.411 e. The highest BCUT2D eigenvalue weighted by atomic mass is 35.5. The van der Waals surface area contributed by atoms with Gasteiger partial charge in [-0.1, -0.05) is 12.2 Å². The van der Waals surface area contributed by atoms with Crippen LogP contribution >= 0.6 is 11.6 Å². The number of amides is 1. The lowest BCUT2D eigenvalue weighted by atomic mass is 9.88. The van der Waals surface area contributed by atoms with Crippen molar-refractivity contribution in [1.29, 1.82) is 0 Å². The molecule has 2 aliphatic rings. The molecule has 0 spiro atoms. The molecule has 0 unspecified atom stereocenters. The maximum atomic E-state index is 12.8. The lowest BCUT2D eigenvalue weighted by Crippen LogP contribution is -2.55. The van der Waals surface area contributed by atoms with E-state index in [1.165, 1.54) is 24.9 Å². The highest BCUT2D eigenvalue weighted by Gasteiger charge is 2.56. The van der Waals surface area contributed by atoms with Crippen molar-refractivity contribution in [3.05, 3.63) is 12.2 Å². The van der Waals surface area contributed by atoms with Crippen molar-refractivity contribution in [3.8, 4) is 0 Å². The zero-order chi connectivity index (χ0) is 19.5. The number of methoxy groups -OCH3 is 1. The third kappa shape index (κ3) is 5.13. The lowest BCUT2D eigenvalue weighted by molar-refractivity contribution is -0.153. The Kier molecular flexibility index (Phi) is 6.61. The van der Waals surface area contributed by atoms with Crippen LogP contribution in [-0.4, -0.2) is 60.3 Å². The largest absolute Gasteiger partial charge is 0.467 e. The Hall–Kier alpha value is -1.27. The average Bonchev–Trinajstić information content (AvgIpc) is 3.31. The first-order chi connectivity index (χ1) is 12.1. The second-order valence-electron chi connectivity index (χ2n) is 8.28. The summed E-state index contributed by atoms with van der Waals surface area (Å²) in [6.45, 7) is 10.2. The number of likely N-dealkylation sites (tertiary alicyclic amines) is 1. The molecule has 0 aromatic heterocycles. The van der Waals surface area contributed by atoms with Crippen molar-refractivity contribution < 1.29 is 23.8 Å². The van der Waals surface area contributed by atoms with Crippen molar-refractivity contribution in [3.63, 3.8) is 0 Å². The number of carbonyl (C=O) groups excluding carboxylic acids is 2. The molecule has 1 aliphatic heterocycles. The van der Waals surface area contributed by atoms with E-state index in [9.17, 15) is 9.59 Å². The predicted molar refractivity (Wildman–Crippen MR) is 99.2 cm³/mol. The molecule has 1 heterocycles. The molecule has 6 nitrogen and oxygen atoms in total. The molecule has 2 rings (SSSR count). The molecule has 148 valence electrons. The number of ether oxygens (including phenoxy) is 3. The number of hydrogen-bond donors (Lipinski definition) is 0. The van der Waals surface area contributed by atoms with E-state index < -0.39 is 23.2 Å². The van der Waals surface area contributed by atoms with Crippen LogP contribution in [0.2, 0.25) is 0 Å². The highest BCUT2D eigenvalue weighted by molar-refractivity contribution is 6.19. The third-order valence-corrected chi connectivity index (χ3v) is 5.02. The monoisotopic (exact) mass is 387 g/mol. The van der Waals surface area contributed by atoms with Gasteiger partial charge in [-0.15, -0.1) is 11.6 Å². The first-order valence-corrected chi connectivity index (χ1v) is 9.58. The van der Waals surface area contributed by atoms with Gasteiger partial charge in [0.25, 0.3) is 0 Å². The molecule has 2 atom stereocenters. The number of alkyl halides is 1. The molecular weight excluding hydrogens is 358 g/mol. The summed E-state index contributed by atoms with van der Waals surface area (Å²) >= 11 is 5.90. The van der Waals surface area contributed by atoms with Crippen LogP contribution in [0.5, 0.6) is 0 Å². The summed E-state index contributed by atoms with van der Waals surface area (Å²) in [6, 6.07) is 0. The fourth-order valence-electron chi connectivity index (χ4n) is 3.25. The van der Waals surface area contributed by atoms with Crippen LogP contribution < -0.4 is 0 Å². The molecule has 1 aliphatic carbocycles. The van der Waals surface area contributed by atoms with E-state index in [-0.39, 0.29) is 24.9 Å². The SMILES string of the molecule is C=C(CCl)C[C@]1(C(=O)OC)C[C@@H](OCC2CC2)CN1C(=O)OC(C)(C)C. The third-order valence-electron chi connectivity index (χ3n) is 4.64. The molecule has 0 N–H and O–H groups in total. The molecule has 1 saturated carbocycles. The minimum Gasteiger partial charge on any atom is -0.467 e. The van der Waals surface area contributed by atoms with Gasteiger partial charge in [-0.2, -0.15) is 0 Å². The molecule has 1 amide bonds. The molecule has 26 heavy (non-hydrogen) atoms. The van der Waals surface area contributed by atoms with Gasteiger partial charge in [0.15, 0.2) is 0 Å². The molecule has 1 saturated heterocycles. The van der Waals surface area contributed by atoms with Crippen LogP contribution in [-0.2, 0) is 19.0 Å². The van der Waals surface area contributed by atoms with E-state index in [4.69, 9.17) is 25.8 Å². The van der Waals surface area contributed by atoms with Gasteiger partial charge in [0.2, 0.25) is 0 Å². The number of rotatable bonds is 7. The van der Waals surface area contributed by atoms with E-state index in [0.29, 0.717) is 24.5 Å². The molecule has 0 radical (unpaired) electrons. The van der Waals surface area contributed by atoms with Gasteiger partial charge >= 0.3 is 12.1 Å². The van der Waals surface area contributed by atoms with Crippen LogP contribution in [0.3, 0.4) is 0 Å². The zero-order valence-electron chi connectivity index (χ0n) is 16.2. The Morgan fingerprint density at radius 1 is 1.31 bits per heavy atom. The van der Waals surface area contributed by atoms with Gasteiger partial charge in [0.05, 0.1) is 19.8 Å². The second kappa shape index (κ2) is 8.17. The summed E-state index contributed by atoms with van der Waals surface area (Å²) in [6.07, 6.45) is 2.13. The smallest absolute Gasteiger partial charge is 0.411 e. The Balaban J connectivity index is 2.27. The molecule has 2 fully saturated rings. The number of carbonyl (C=O) groups is 2. The molecular formula is C19H30ClNO5. The summed E-state index contributed by atoms with van der Waals surface area (Å²) < 4.78 is 16.6. The average molecular weight is 388 g/mol. The van der Waals surface area contributed by atoms with E-state index in [0.717, 1.165) is 0 Å². The minimum atomic E-state index is -1.20. The van der Waals surface area contributed by atoms with Crippen molar-refractivity contribution >= 4 is 23.7 Å². The first-order valence-electron chi connectivity index (χ1n) is 9.04. The summed E-state index contributed by atoms with van der Waals surface area (Å²) in [7, 11) is 1.32. The predicted octanol–water partition coefficient (Wildman–Crippen LogP) is 3.52. The van der Waals surface area contributed by atoms with Crippen molar-refractivity contribution in [2.45, 2.75) is 63.7 Å². The van der Waals surface area contributed by atoms with Gasteiger partial charge in [0, 0.05) is 25.3 Å². The first kappa shape index (κ1) is 21.0. The van der Waals surface area contributed by atoms with E-state index in [1.54, 1.807) is 20.8 Å². The number of hydrogen-bond acceptors (Lipinski definition) is 5. The van der Waals surface area contributed by atoms with Crippen molar-refractivity contribution in [1.82, 2.24) is 4.90 Å². The lowest BCUT2D eigenvalue weighted by Gasteiger charge is -2.36. The molecule has 0 bridgehead atoms. The van der Waals surface area contributed by atoms with Crippen LogP contribution in [0.1, 0.15) is 46.5 Å². The second-order valence-corrected chi connectivity index (χ2v) is 8.54. The Labute approximate surface area is 160 Å². The highest BCUT2D eigenvalue weighted by Crippen LogP contribution is 2.39. The van der Waals surface area contributed by atoms with Gasteiger partial charge in [-0.3, -0.25) is 4.90 Å². The number of nitrogens with zero attached hydrogens (tertiary/aromatic N) is 1. The topological polar surface area (TPSA) is 65.1 Å². The van der Waals surface area contributed by atoms with E-state index >= 15 is 0 Å². The van der Waals surface area contributed by atoms with Gasteiger partial charge in [0.1, 0.15) is 11.1 Å². The van der Waals surface area contributed by atoms with Crippen LogP contribution in [0.15, 0.2) is 12.2 Å². The fourth-order valence-corrected chi connectivity index (χ4v) is 3.34. The Morgan fingerprint density at radius 3 is 2.46 bits per heavy atom. The van der Waals surface area contributed by atoms with Crippen molar-refractivity contribution in [2.24, 2.45) is 5.92 Å². The van der Waals surface area contributed by atoms with Crippen LogP contribution in [0, 0.1) is 5.92 Å². The zero-order valence-corrected chi connectivity index (χ0v) is 16.9. The van der Waals surface area contributed by atoms with E-state index in [2.05, 4.69) is 6.58 Å². The Morgan fingerprint density at radius 2 is 1.96 bits per heavy atom.